The minimum Gasteiger partial charge on any atom is -0.508 e. The molecule has 3 rings (SSSR count). The van der Waals surface area contributed by atoms with E-state index in [1.807, 2.05) is 0 Å². The number of aliphatic hydroxyl groups excluding tert-OH is 1. The van der Waals surface area contributed by atoms with E-state index in [1.165, 1.54) is 16.7 Å². The predicted molar refractivity (Wildman–Crippen MR) is 103 cm³/mol. The minimum absolute atomic E-state index is 0.0367. The van der Waals surface area contributed by atoms with Crippen LogP contribution in [0, 0.1) is 6.92 Å². The molecule has 140 valence electrons. The third-order valence-electron chi connectivity index (χ3n) is 4.61. The lowest BCUT2D eigenvalue weighted by Gasteiger charge is -2.12. The van der Waals surface area contributed by atoms with Crippen molar-refractivity contribution in [3.8, 4) is 5.75 Å². The van der Waals surface area contributed by atoms with Crippen LogP contribution in [-0.2, 0) is 4.79 Å². The Morgan fingerprint density at radius 1 is 1.19 bits per heavy atom. The van der Waals surface area contributed by atoms with Gasteiger partial charge in [0.1, 0.15) is 12.5 Å². The highest BCUT2D eigenvalue weighted by molar-refractivity contribution is 6.30. The first-order valence-corrected chi connectivity index (χ1v) is 8.75. The summed E-state index contributed by atoms with van der Waals surface area (Å²) in [7, 11) is 0. The number of nitrogens with zero attached hydrogens (tertiary/aromatic N) is 1. The van der Waals surface area contributed by atoms with E-state index in [0.29, 0.717) is 32.7 Å². The Labute approximate surface area is 161 Å². The van der Waals surface area contributed by atoms with Crippen LogP contribution in [0.1, 0.15) is 34.5 Å². The van der Waals surface area contributed by atoms with Crippen molar-refractivity contribution in [2.24, 2.45) is 0 Å². The van der Waals surface area contributed by atoms with Crippen LogP contribution in [-0.4, -0.2) is 33.3 Å². The van der Waals surface area contributed by atoms with Crippen molar-refractivity contribution < 1.29 is 19.8 Å². The van der Waals surface area contributed by atoms with Crippen LogP contribution in [0.5, 0.6) is 5.75 Å². The van der Waals surface area contributed by atoms with Crippen molar-refractivity contribution in [3.63, 3.8) is 0 Å². The number of carbonyl (C=O) groups is 2. The van der Waals surface area contributed by atoms with E-state index < -0.39 is 12.6 Å². The molecule has 6 nitrogen and oxygen atoms in total. The Bertz CT molecular complexity index is 1020. The monoisotopic (exact) mass is 386 g/mol. The Morgan fingerprint density at radius 2 is 1.85 bits per heavy atom. The molecule has 0 saturated heterocycles. The van der Waals surface area contributed by atoms with Gasteiger partial charge in [0, 0.05) is 21.7 Å². The summed E-state index contributed by atoms with van der Waals surface area (Å²) in [4.78, 5) is 25.4. The summed E-state index contributed by atoms with van der Waals surface area (Å²) in [5, 5.41) is 22.4. The Kier molecular flexibility index (Phi) is 5.21. The first-order valence-electron chi connectivity index (χ1n) is 8.38. The molecule has 0 aliphatic rings. The first kappa shape index (κ1) is 18.9. The summed E-state index contributed by atoms with van der Waals surface area (Å²) < 4.78 is 1.52. The fraction of sp³-hybridized carbons (Fsp3) is 0.200. The van der Waals surface area contributed by atoms with Crippen LogP contribution in [0.15, 0.2) is 42.5 Å². The molecule has 7 heteroatoms. The van der Waals surface area contributed by atoms with E-state index in [4.69, 9.17) is 16.7 Å². The zero-order valence-corrected chi connectivity index (χ0v) is 15.6. The van der Waals surface area contributed by atoms with E-state index in [0.717, 1.165) is 0 Å². The molecule has 0 fully saturated rings. The quantitative estimate of drug-likeness (QED) is 0.600. The second-order valence-electron chi connectivity index (χ2n) is 6.27. The summed E-state index contributed by atoms with van der Waals surface area (Å²) in [6.45, 7) is 2.96. The number of aromatic nitrogens is 1. The standard InChI is InChI=1S/C20H19ClN2O4/c1-11(19(26)22-10-24)18-12(2)23(17-8-7-15(25)9-16(17)18)20(27)13-3-5-14(21)6-4-13/h3-9,11,24-25H,10H2,1-2H3,(H,22,26)/t11-/m1/s1. The zero-order valence-electron chi connectivity index (χ0n) is 14.9. The molecule has 2 aromatic carbocycles. The number of halogens is 1. The van der Waals surface area contributed by atoms with Crippen LogP contribution < -0.4 is 5.32 Å². The van der Waals surface area contributed by atoms with Crippen molar-refractivity contribution >= 4 is 34.3 Å². The Hall–Kier alpha value is -2.83. The summed E-state index contributed by atoms with van der Waals surface area (Å²) in [6, 6.07) is 11.2. The lowest BCUT2D eigenvalue weighted by molar-refractivity contribution is -0.123. The number of aliphatic hydroxyl groups is 1. The van der Waals surface area contributed by atoms with Gasteiger partial charge in [0.05, 0.1) is 11.4 Å². The van der Waals surface area contributed by atoms with Crippen LogP contribution in [0.4, 0.5) is 0 Å². The molecule has 3 aromatic rings. The maximum atomic E-state index is 13.1. The molecule has 0 bridgehead atoms. The fourth-order valence-corrected chi connectivity index (χ4v) is 3.45. The van der Waals surface area contributed by atoms with E-state index in [-0.39, 0.29) is 17.6 Å². The number of rotatable bonds is 4. The van der Waals surface area contributed by atoms with Gasteiger partial charge in [0.2, 0.25) is 5.91 Å². The second kappa shape index (κ2) is 7.42. The van der Waals surface area contributed by atoms with Gasteiger partial charge in [-0.3, -0.25) is 14.2 Å². The summed E-state index contributed by atoms with van der Waals surface area (Å²) >= 11 is 5.91. The average molecular weight is 387 g/mol. The molecular formula is C20H19ClN2O4. The highest BCUT2D eigenvalue weighted by Crippen LogP contribution is 2.34. The topological polar surface area (TPSA) is 91.6 Å². The van der Waals surface area contributed by atoms with Crippen molar-refractivity contribution in [1.82, 2.24) is 9.88 Å². The maximum absolute atomic E-state index is 13.1. The lowest BCUT2D eigenvalue weighted by Crippen LogP contribution is -2.29. The van der Waals surface area contributed by atoms with Gasteiger partial charge in [-0.25, -0.2) is 0 Å². The van der Waals surface area contributed by atoms with Gasteiger partial charge in [-0.05, 0) is 61.9 Å². The van der Waals surface area contributed by atoms with E-state index in [9.17, 15) is 14.7 Å². The Morgan fingerprint density at radius 3 is 2.48 bits per heavy atom. The van der Waals surface area contributed by atoms with Gasteiger partial charge in [-0.2, -0.15) is 0 Å². The van der Waals surface area contributed by atoms with Gasteiger partial charge in [-0.1, -0.05) is 11.6 Å². The van der Waals surface area contributed by atoms with Gasteiger partial charge in [0.25, 0.3) is 5.91 Å². The van der Waals surface area contributed by atoms with Gasteiger partial charge in [-0.15, -0.1) is 0 Å². The molecular weight excluding hydrogens is 368 g/mol. The number of benzene rings is 2. The lowest BCUT2D eigenvalue weighted by atomic mass is 9.97. The zero-order chi connectivity index (χ0) is 19.7. The third-order valence-corrected chi connectivity index (χ3v) is 4.86. The van der Waals surface area contributed by atoms with Crippen molar-refractivity contribution in [1.29, 1.82) is 0 Å². The predicted octanol–water partition coefficient (Wildman–Crippen LogP) is 3.17. The van der Waals surface area contributed by atoms with Crippen molar-refractivity contribution in [3.05, 3.63) is 64.3 Å². The molecule has 3 N–H and O–H groups in total. The molecule has 1 aromatic heterocycles. The largest absolute Gasteiger partial charge is 0.508 e. The van der Waals surface area contributed by atoms with Crippen LogP contribution in [0.25, 0.3) is 10.9 Å². The Balaban J connectivity index is 2.22. The number of phenolic OH excluding ortho intramolecular Hbond substituents is 1. The van der Waals surface area contributed by atoms with Crippen molar-refractivity contribution in [2.75, 3.05) is 6.73 Å². The summed E-state index contributed by atoms with van der Waals surface area (Å²) in [6.07, 6.45) is 0. The molecule has 0 saturated carbocycles. The smallest absolute Gasteiger partial charge is 0.262 e. The second-order valence-corrected chi connectivity index (χ2v) is 6.71. The summed E-state index contributed by atoms with van der Waals surface area (Å²) in [5.41, 5.74) is 2.25. The minimum atomic E-state index is -0.624. The average Bonchev–Trinajstić information content (AvgIpc) is 2.92. The fourth-order valence-electron chi connectivity index (χ4n) is 3.32. The first-order chi connectivity index (χ1) is 12.8. The normalized spacial score (nSPS) is 12.1. The number of fused-ring (bicyclic) bond motifs is 1. The number of hydrogen-bond acceptors (Lipinski definition) is 4. The molecule has 0 radical (unpaired) electrons. The van der Waals surface area contributed by atoms with E-state index in [1.54, 1.807) is 44.2 Å². The SMILES string of the molecule is Cc1c([C@@H](C)C(=O)NCO)c2cc(O)ccc2n1C(=O)c1ccc(Cl)cc1. The number of phenols is 1. The van der Waals surface area contributed by atoms with Crippen LogP contribution in [0.3, 0.4) is 0 Å². The third kappa shape index (κ3) is 3.41. The molecule has 1 amide bonds. The van der Waals surface area contributed by atoms with Crippen LogP contribution in [0.2, 0.25) is 5.02 Å². The van der Waals surface area contributed by atoms with E-state index in [2.05, 4.69) is 5.32 Å². The molecule has 1 atom stereocenters. The molecule has 27 heavy (non-hydrogen) atoms. The number of carbonyl (C=O) groups excluding carboxylic acids is 2. The molecule has 0 aliphatic heterocycles. The highest BCUT2D eigenvalue weighted by Gasteiger charge is 2.26. The van der Waals surface area contributed by atoms with Gasteiger partial charge < -0.3 is 15.5 Å². The molecule has 1 heterocycles. The number of aromatic hydroxyl groups is 1. The highest BCUT2D eigenvalue weighted by atomic mass is 35.5. The van der Waals surface area contributed by atoms with Gasteiger partial charge >= 0.3 is 0 Å². The van der Waals surface area contributed by atoms with Crippen LogP contribution >= 0.6 is 11.6 Å². The van der Waals surface area contributed by atoms with Crippen molar-refractivity contribution in [2.45, 2.75) is 19.8 Å². The number of hydrogen-bond donors (Lipinski definition) is 3. The van der Waals surface area contributed by atoms with Gasteiger partial charge in [0.15, 0.2) is 0 Å². The van der Waals surface area contributed by atoms with E-state index >= 15 is 0 Å². The molecule has 0 aliphatic carbocycles. The number of amides is 1. The molecule has 0 unspecified atom stereocenters. The molecule has 0 spiro atoms. The maximum Gasteiger partial charge on any atom is 0.262 e. The number of nitrogens with one attached hydrogen (secondary N) is 1. The summed E-state index contributed by atoms with van der Waals surface area (Å²) in [5.74, 6) is -1.22.